The van der Waals surface area contributed by atoms with E-state index in [1.165, 1.54) is 0 Å². The van der Waals surface area contributed by atoms with Crippen molar-refractivity contribution in [2.75, 3.05) is 13.7 Å². The van der Waals surface area contributed by atoms with Crippen molar-refractivity contribution in [2.45, 2.75) is 6.54 Å². The summed E-state index contributed by atoms with van der Waals surface area (Å²) in [5, 5.41) is 3.31. The van der Waals surface area contributed by atoms with Crippen molar-refractivity contribution in [1.29, 1.82) is 0 Å². The van der Waals surface area contributed by atoms with Gasteiger partial charge in [-0.15, -0.1) is 0 Å². The molecule has 0 unspecified atom stereocenters. The number of nitrogens with one attached hydrogen (secondary N) is 1. The van der Waals surface area contributed by atoms with Gasteiger partial charge in [-0.3, -0.25) is 4.79 Å². The summed E-state index contributed by atoms with van der Waals surface area (Å²) in [6.07, 6.45) is 0. The molecule has 2 rings (SSSR count). The number of hydrogen-bond acceptors (Lipinski definition) is 3. The van der Waals surface area contributed by atoms with Crippen LogP contribution in [0, 0.1) is 0 Å². The highest BCUT2D eigenvalue weighted by molar-refractivity contribution is 6.31. The third kappa shape index (κ3) is 4.68. The molecular weight excluding hydrogens is 290 g/mol. The number of carbonyl (C=O) groups is 1. The van der Waals surface area contributed by atoms with Crippen molar-refractivity contribution >= 4 is 17.5 Å². The van der Waals surface area contributed by atoms with Gasteiger partial charge < -0.3 is 14.8 Å². The molecule has 1 N–H and O–H groups in total. The van der Waals surface area contributed by atoms with Gasteiger partial charge in [0.1, 0.15) is 11.5 Å². The summed E-state index contributed by atoms with van der Waals surface area (Å²) in [5.74, 6) is 1.14. The van der Waals surface area contributed by atoms with Gasteiger partial charge in [0.25, 0.3) is 5.91 Å². The van der Waals surface area contributed by atoms with Crippen molar-refractivity contribution in [3.63, 3.8) is 0 Å². The SMILES string of the molecule is COc1ccc(CNC(=O)COc2ccccc2)c(Cl)c1. The standard InChI is InChI=1S/C16H16ClNO3/c1-20-14-8-7-12(15(17)9-14)10-18-16(19)11-21-13-5-3-2-4-6-13/h2-9H,10-11H2,1H3,(H,18,19). The predicted molar refractivity (Wildman–Crippen MR) is 81.8 cm³/mol. The van der Waals surface area contributed by atoms with Crippen LogP contribution in [0.3, 0.4) is 0 Å². The zero-order chi connectivity index (χ0) is 15.1. The number of amides is 1. The lowest BCUT2D eigenvalue weighted by molar-refractivity contribution is -0.123. The van der Waals surface area contributed by atoms with Gasteiger partial charge in [0.15, 0.2) is 6.61 Å². The molecule has 0 aromatic heterocycles. The molecule has 0 atom stereocenters. The van der Waals surface area contributed by atoms with E-state index in [4.69, 9.17) is 21.1 Å². The molecule has 0 aliphatic rings. The van der Waals surface area contributed by atoms with E-state index in [9.17, 15) is 4.79 Å². The lowest BCUT2D eigenvalue weighted by atomic mass is 10.2. The zero-order valence-corrected chi connectivity index (χ0v) is 12.4. The largest absolute Gasteiger partial charge is 0.497 e. The molecule has 21 heavy (non-hydrogen) atoms. The monoisotopic (exact) mass is 305 g/mol. The van der Waals surface area contributed by atoms with E-state index in [1.54, 1.807) is 31.4 Å². The van der Waals surface area contributed by atoms with E-state index in [0.29, 0.717) is 23.1 Å². The molecule has 5 heteroatoms. The van der Waals surface area contributed by atoms with E-state index in [2.05, 4.69) is 5.32 Å². The first-order chi connectivity index (χ1) is 10.2. The fourth-order valence-corrected chi connectivity index (χ4v) is 1.95. The Kier molecular flexibility index (Phi) is 5.46. The van der Waals surface area contributed by atoms with E-state index < -0.39 is 0 Å². The topological polar surface area (TPSA) is 47.6 Å². The molecule has 1 amide bonds. The Morgan fingerprint density at radius 3 is 2.57 bits per heavy atom. The molecule has 2 aromatic carbocycles. The molecule has 0 radical (unpaired) electrons. The third-order valence-electron chi connectivity index (χ3n) is 2.85. The number of rotatable bonds is 6. The molecule has 110 valence electrons. The summed E-state index contributed by atoms with van der Waals surface area (Å²) in [6, 6.07) is 14.5. The predicted octanol–water partition coefficient (Wildman–Crippen LogP) is 3.04. The minimum absolute atomic E-state index is 0.0300. The smallest absolute Gasteiger partial charge is 0.258 e. The van der Waals surface area contributed by atoms with Crippen LogP contribution in [0.5, 0.6) is 11.5 Å². The Morgan fingerprint density at radius 2 is 1.90 bits per heavy atom. The highest BCUT2D eigenvalue weighted by atomic mass is 35.5. The number of para-hydroxylation sites is 1. The van der Waals surface area contributed by atoms with E-state index in [1.807, 2.05) is 24.3 Å². The first-order valence-corrected chi connectivity index (χ1v) is 6.84. The molecular formula is C16H16ClNO3. The van der Waals surface area contributed by atoms with Crippen LogP contribution < -0.4 is 14.8 Å². The molecule has 0 bridgehead atoms. The van der Waals surface area contributed by atoms with Gasteiger partial charge in [-0.2, -0.15) is 0 Å². The summed E-state index contributed by atoms with van der Waals surface area (Å²) in [7, 11) is 1.58. The second-order valence-corrected chi connectivity index (χ2v) is 4.74. The van der Waals surface area contributed by atoms with Crippen molar-refractivity contribution in [1.82, 2.24) is 5.32 Å². The number of ether oxygens (including phenoxy) is 2. The Morgan fingerprint density at radius 1 is 1.14 bits per heavy atom. The Labute approximate surface area is 128 Å². The first-order valence-electron chi connectivity index (χ1n) is 6.46. The molecule has 0 spiro atoms. The lowest BCUT2D eigenvalue weighted by Crippen LogP contribution is -2.28. The molecule has 4 nitrogen and oxygen atoms in total. The summed E-state index contributed by atoms with van der Waals surface area (Å²) in [4.78, 5) is 11.7. The van der Waals surface area contributed by atoms with Crippen molar-refractivity contribution in [3.8, 4) is 11.5 Å². The van der Waals surface area contributed by atoms with Crippen LogP contribution in [-0.4, -0.2) is 19.6 Å². The molecule has 0 fully saturated rings. The Balaban J connectivity index is 1.81. The molecule has 0 aliphatic carbocycles. The highest BCUT2D eigenvalue weighted by Gasteiger charge is 2.06. The van der Waals surface area contributed by atoms with Crippen molar-refractivity contribution in [3.05, 3.63) is 59.1 Å². The lowest BCUT2D eigenvalue weighted by Gasteiger charge is -2.09. The first kappa shape index (κ1) is 15.2. The molecule has 0 heterocycles. The minimum atomic E-state index is -0.203. The van der Waals surface area contributed by atoms with Gasteiger partial charge in [0, 0.05) is 11.6 Å². The maximum Gasteiger partial charge on any atom is 0.258 e. The number of halogens is 1. The van der Waals surface area contributed by atoms with Crippen LogP contribution in [-0.2, 0) is 11.3 Å². The zero-order valence-electron chi connectivity index (χ0n) is 11.6. The minimum Gasteiger partial charge on any atom is -0.497 e. The average molecular weight is 306 g/mol. The maximum atomic E-state index is 11.7. The van der Waals surface area contributed by atoms with Crippen LogP contribution >= 0.6 is 11.6 Å². The van der Waals surface area contributed by atoms with Gasteiger partial charge in [-0.1, -0.05) is 35.9 Å². The highest BCUT2D eigenvalue weighted by Crippen LogP contribution is 2.22. The van der Waals surface area contributed by atoms with Crippen molar-refractivity contribution < 1.29 is 14.3 Å². The Hall–Kier alpha value is -2.20. The van der Waals surface area contributed by atoms with E-state index in [-0.39, 0.29) is 12.5 Å². The van der Waals surface area contributed by atoms with Gasteiger partial charge in [0.2, 0.25) is 0 Å². The normalized spacial score (nSPS) is 10.0. The van der Waals surface area contributed by atoms with Crippen LogP contribution in [0.1, 0.15) is 5.56 Å². The summed E-state index contributed by atoms with van der Waals surface area (Å²) >= 11 is 6.10. The summed E-state index contributed by atoms with van der Waals surface area (Å²) in [5.41, 5.74) is 0.825. The molecule has 0 saturated carbocycles. The van der Waals surface area contributed by atoms with Crippen LogP contribution in [0.2, 0.25) is 5.02 Å². The van der Waals surface area contributed by atoms with E-state index in [0.717, 1.165) is 5.56 Å². The molecule has 0 saturated heterocycles. The number of hydrogen-bond donors (Lipinski definition) is 1. The van der Waals surface area contributed by atoms with Crippen LogP contribution in [0.25, 0.3) is 0 Å². The molecule has 0 aliphatic heterocycles. The number of benzene rings is 2. The van der Waals surface area contributed by atoms with Gasteiger partial charge in [-0.25, -0.2) is 0 Å². The van der Waals surface area contributed by atoms with E-state index >= 15 is 0 Å². The molecule has 2 aromatic rings. The van der Waals surface area contributed by atoms with Crippen molar-refractivity contribution in [2.24, 2.45) is 0 Å². The fourth-order valence-electron chi connectivity index (χ4n) is 1.71. The number of carbonyl (C=O) groups excluding carboxylic acids is 1. The van der Waals surface area contributed by atoms with Crippen LogP contribution in [0.15, 0.2) is 48.5 Å². The van der Waals surface area contributed by atoms with Gasteiger partial charge in [0.05, 0.1) is 7.11 Å². The Bertz CT molecular complexity index is 602. The second kappa shape index (κ2) is 7.55. The van der Waals surface area contributed by atoms with Gasteiger partial charge >= 0.3 is 0 Å². The quantitative estimate of drug-likeness (QED) is 0.892. The summed E-state index contributed by atoms with van der Waals surface area (Å²) in [6.45, 7) is 0.317. The second-order valence-electron chi connectivity index (χ2n) is 4.34. The number of methoxy groups -OCH3 is 1. The maximum absolute atomic E-state index is 11.7. The average Bonchev–Trinajstić information content (AvgIpc) is 2.52. The third-order valence-corrected chi connectivity index (χ3v) is 3.20. The van der Waals surface area contributed by atoms with Crippen LogP contribution in [0.4, 0.5) is 0 Å². The fraction of sp³-hybridized carbons (Fsp3) is 0.188. The summed E-state index contributed by atoms with van der Waals surface area (Å²) < 4.78 is 10.4. The van der Waals surface area contributed by atoms with Gasteiger partial charge in [-0.05, 0) is 29.8 Å².